The minimum absolute atomic E-state index is 0.0844. The number of carbonyl (C=O) groups is 4. The van der Waals surface area contributed by atoms with Gasteiger partial charge in [-0.3, -0.25) is 49.2 Å². The minimum Gasteiger partial charge on any atom is -0.371 e. The first-order chi connectivity index (χ1) is 30.8. The molecule has 0 aliphatic carbocycles. The number of hydrogen-bond donors (Lipinski definition) is 3. The maximum absolute atomic E-state index is 15.7. The van der Waals surface area contributed by atoms with Gasteiger partial charge in [-0.25, -0.2) is 9.37 Å². The van der Waals surface area contributed by atoms with Crippen LogP contribution in [0.25, 0.3) is 11.0 Å². The molecule has 7 heterocycles. The molecule has 330 valence electrons. The molecule has 0 radical (unpaired) electrons. The Balaban J connectivity index is 0.688. The second-order valence-electron chi connectivity index (χ2n) is 17.4. The number of likely N-dealkylation sites (tertiary alicyclic amines) is 1. The van der Waals surface area contributed by atoms with Crippen LogP contribution >= 0.6 is 23.1 Å². The Morgan fingerprint density at radius 1 is 0.859 bits per heavy atom. The van der Waals surface area contributed by atoms with Crippen molar-refractivity contribution in [2.75, 3.05) is 92.7 Å². The lowest BCUT2D eigenvalue weighted by Crippen LogP contribution is -2.65. The molecule has 4 saturated heterocycles. The fourth-order valence-corrected chi connectivity index (χ4v) is 11.1. The van der Waals surface area contributed by atoms with Crippen LogP contribution in [0, 0.1) is 11.7 Å². The normalized spacial score (nSPS) is 20.1. The second kappa shape index (κ2) is 16.6. The Morgan fingerprint density at radius 3 is 2.38 bits per heavy atom. The average Bonchev–Trinajstić information content (AvgIpc) is 3.48. The van der Waals surface area contributed by atoms with Gasteiger partial charge in [-0.15, -0.1) is 0 Å². The molecule has 10 rings (SSSR count). The van der Waals surface area contributed by atoms with Gasteiger partial charge < -0.3 is 25.0 Å². The van der Waals surface area contributed by atoms with E-state index in [0.29, 0.717) is 74.3 Å². The number of hydrogen-bond acceptors (Lipinski definition) is 15. The third kappa shape index (κ3) is 7.99. The molecule has 20 heteroatoms. The zero-order valence-electron chi connectivity index (χ0n) is 35.1. The highest BCUT2D eigenvalue weighted by Crippen LogP contribution is 2.41. The summed E-state index contributed by atoms with van der Waals surface area (Å²) in [6.07, 6.45) is 4.98. The first-order valence-electron chi connectivity index (χ1n) is 21.2. The minimum atomic E-state index is -2.79. The van der Waals surface area contributed by atoms with Gasteiger partial charge in [-0.05, 0) is 84.2 Å². The van der Waals surface area contributed by atoms with Crippen molar-refractivity contribution in [2.45, 2.75) is 24.9 Å². The molecule has 0 spiro atoms. The smallest absolute Gasteiger partial charge is 0.262 e. The predicted molar refractivity (Wildman–Crippen MR) is 244 cm³/mol. The summed E-state index contributed by atoms with van der Waals surface area (Å²) < 4.78 is 29.7. The molecule has 3 N–H and O–H groups in total. The molecule has 5 aliphatic heterocycles. The monoisotopic (exact) mass is 950 g/mol. The fourth-order valence-electron chi connectivity index (χ4n) is 9.45. The van der Waals surface area contributed by atoms with Crippen LogP contribution in [-0.4, -0.2) is 143 Å². The van der Waals surface area contributed by atoms with E-state index in [4.69, 9.17) is 0 Å². The SMILES string of the molecule is CP(C)(=O)c1c(Nc2nc(Nc3ccc(N4CCN(C5CN(CC6CN(c7ccc8c(c7)C(=O)N(C7CCC(=O)NC7=O)C8=O)C6)C5)CC4)c(F)c3)ncc2Br)ccc2nccnc12. The van der Waals surface area contributed by atoms with Crippen LogP contribution in [0.2, 0.25) is 0 Å². The summed E-state index contributed by atoms with van der Waals surface area (Å²) in [5, 5.41) is 9.22. The van der Waals surface area contributed by atoms with Crippen molar-refractivity contribution in [1.82, 2.24) is 40.0 Å². The number of benzene rings is 3. The number of carbonyl (C=O) groups excluding carboxylic acids is 4. The van der Waals surface area contributed by atoms with Gasteiger partial charge >= 0.3 is 0 Å². The summed E-state index contributed by atoms with van der Waals surface area (Å²) in [7, 11) is -2.79. The number of aromatic nitrogens is 4. The van der Waals surface area contributed by atoms with Crippen LogP contribution in [-0.2, 0) is 14.2 Å². The van der Waals surface area contributed by atoms with Crippen molar-refractivity contribution in [3.63, 3.8) is 0 Å². The Labute approximate surface area is 376 Å². The Hall–Kier alpha value is -5.88. The zero-order valence-corrected chi connectivity index (χ0v) is 37.6. The number of fused-ring (bicyclic) bond motifs is 2. The Bertz CT molecular complexity index is 2790. The van der Waals surface area contributed by atoms with Gasteiger partial charge in [-0.2, -0.15) is 4.98 Å². The van der Waals surface area contributed by atoms with Crippen molar-refractivity contribution >= 4 is 97.6 Å². The van der Waals surface area contributed by atoms with Crippen LogP contribution in [0.15, 0.2) is 71.6 Å². The fraction of sp³-hybridized carbons (Fsp3) is 0.364. The molecule has 64 heavy (non-hydrogen) atoms. The first-order valence-corrected chi connectivity index (χ1v) is 24.6. The molecule has 2 aromatic heterocycles. The molecule has 1 unspecified atom stereocenters. The summed E-state index contributed by atoms with van der Waals surface area (Å²) in [6, 6.07) is 13.4. The molecule has 4 fully saturated rings. The van der Waals surface area contributed by atoms with Crippen LogP contribution in [0.1, 0.15) is 33.6 Å². The van der Waals surface area contributed by atoms with E-state index in [-0.39, 0.29) is 30.2 Å². The lowest BCUT2D eigenvalue weighted by atomic mass is 9.95. The summed E-state index contributed by atoms with van der Waals surface area (Å²) >= 11 is 3.52. The molecular weight excluding hydrogens is 906 g/mol. The van der Waals surface area contributed by atoms with Crippen molar-refractivity contribution < 1.29 is 28.1 Å². The summed E-state index contributed by atoms with van der Waals surface area (Å²) in [5.41, 5.74) is 4.31. The summed E-state index contributed by atoms with van der Waals surface area (Å²) in [5.74, 6) is -1.17. The van der Waals surface area contributed by atoms with Crippen molar-refractivity contribution in [2.24, 2.45) is 5.92 Å². The highest BCUT2D eigenvalue weighted by atomic mass is 79.9. The molecule has 5 aliphatic rings. The van der Waals surface area contributed by atoms with Crippen molar-refractivity contribution in [3.05, 3.63) is 88.5 Å². The van der Waals surface area contributed by atoms with Gasteiger partial charge in [0.05, 0.1) is 37.8 Å². The van der Waals surface area contributed by atoms with Gasteiger partial charge in [0.2, 0.25) is 17.8 Å². The predicted octanol–water partition coefficient (Wildman–Crippen LogP) is 4.40. The molecule has 3 aromatic carbocycles. The molecule has 1 atom stereocenters. The third-order valence-corrected chi connectivity index (χ3v) is 14.8. The van der Waals surface area contributed by atoms with Crippen LogP contribution < -0.4 is 31.1 Å². The van der Waals surface area contributed by atoms with Gasteiger partial charge in [0.1, 0.15) is 30.3 Å². The quantitative estimate of drug-likeness (QED) is 0.125. The van der Waals surface area contributed by atoms with Gasteiger partial charge in [0.25, 0.3) is 11.8 Å². The lowest BCUT2D eigenvalue weighted by Gasteiger charge is -2.51. The van der Waals surface area contributed by atoms with Gasteiger partial charge in [0.15, 0.2) is 0 Å². The second-order valence-corrected chi connectivity index (χ2v) is 21.4. The standard InChI is InChI=1S/C44H45BrFN12O5P/c1-64(2,63)39-34(7-6-33-38(39)48-12-11-47-33)51-40-31(45)19-49-44(53-40)50-26-3-8-35(32(46)17-26)56-15-13-55(14-16-56)28-23-54(24-28)20-25-21-57(22-25)27-4-5-29-30(18-27)43(62)58(42(29)61)36-9-10-37(59)52-41(36)60/h3-8,11-12,17-19,25,28,36H,9-10,13-16,20-24H2,1-2H3,(H,52,59,60)(H2,49,50,51,53). The Morgan fingerprint density at radius 2 is 1.62 bits per heavy atom. The number of rotatable bonds is 11. The van der Waals surface area contributed by atoms with Crippen LogP contribution in [0.3, 0.4) is 0 Å². The van der Waals surface area contributed by atoms with Gasteiger partial charge in [0, 0.05) is 107 Å². The Kier molecular flexibility index (Phi) is 10.9. The van der Waals surface area contributed by atoms with E-state index in [2.05, 4.69) is 71.4 Å². The van der Waals surface area contributed by atoms with E-state index < -0.39 is 36.8 Å². The average molecular weight is 952 g/mol. The molecule has 17 nitrogen and oxygen atoms in total. The summed E-state index contributed by atoms with van der Waals surface area (Å²) in [6.45, 7) is 11.1. The molecule has 4 amide bonds. The maximum atomic E-state index is 15.7. The number of amides is 4. The van der Waals surface area contributed by atoms with Gasteiger partial charge in [-0.1, -0.05) is 0 Å². The molecule has 5 aromatic rings. The highest BCUT2D eigenvalue weighted by Gasteiger charge is 2.45. The lowest BCUT2D eigenvalue weighted by molar-refractivity contribution is -0.136. The number of imide groups is 2. The highest BCUT2D eigenvalue weighted by molar-refractivity contribution is 9.10. The zero-order chi connectivity index (χ0) is 44.4. The number of anilines is 6. The maximum Gasteiger partial charge on any atom is 0.262 e. The number of nitrogens with zero attached hydrogens (tertiary/aromatic N) is 9. The van der Waals surface area contributed by atoms with E-state index in [1.165, 1.54) is 6.07 Å². The topological polar surface area (TPSA) is 189 Å². The largest absolute Gasteiger partial charge is 0.371 e. The third-order valence-electron chi connectivity index (χ3n) is 12.7. The van der Waals surface area contributed by atoms with E-state index in [1.807, 2.05) is 24.3 Å². The molecule has 0 bridgehead atoms. The van der Waals surface area contributed by atoms with Crippen LogP contribution in [0.4, 0.5) is 38.9 Å². The number of piperidine rings is 1. The molecular formula is C44H45BrFN12O5P. The molecule has 0 saturated carbocycles. The van der Waals surface area contributed by atoms with E-state index in [0.717, 1.165) is 56.4 Å². The van der Waals surface area contributed by atoms with Crippen molar-refractivity contribution in [3.8, 4) is 0 Å². The van der Waals surface area contributed by atoms with Crippen molar-refractivity contribution in [1.29, 1.82) is 0 Å². The van der Waals surface area contributed by atoms with E-state index in [1.54, 1.807) is 50.1 Å². The van der Waals surface area contributed by atoms with E-state index >= 15 is 4.39 Å². The number of piperazine rings is 1. The van der Waals surface area contributed by atoms with Crippen LogP contribution in [0.5, 0.6) is 0 Å². The van der Waals surface area contributed by atoms with E-state index in [9.17, 15) is 23.7 Å². The number of halogens is 2. The summed E-state index contributed by atoms with van der Waals surface area (Å²) in [4.78, 5) is 78.5. The number of nitrogens with one attached hydrogen (secondary N) is 3. The first kappa shape index (κ1) is 42.1.